The topological polar surface area (TPSA) is 72.3 Å². The van der Waals surface area contributed by atoms with E-state index in [1.807, 2.05) is 36.1 Å². The minimum absolute atomic E-state index is 0.0485. The molecule has 2 aliphatic rings. The van der Waals surface area contributed by atoms with Gasteiger partial charge in [0.25, 0.3) is 5.91 Å². The first-order valence-corrected chi connectivity index (χ1v) is 10.4. The lowest BCUT2D eigenvalue weighted by Crippen LogP contribution is -2.43. The van der Waals surface area contributed by atoms with Crippen molar-refractivity contribution in [3.8, 4) is 11.1 Å². The van der Waals surface area contributed by atoms with Gasteiger partial charge in [0.05, 0.1) is 17.2 Å². The number of amides is 1. The van der Waals surface area contributed by atoms with Gasteiger partial charge in [-0.25, -0.2) is 8.42 Å². The monoisotopic (exact) mass is 359 g/mol. The lowest BCUT2D eigenvalue weighted by Gasteiger charge is -2.26. The van der Waals surface area contributed by atoms with Gasteiger partial charge in [0.1, 0.15) is 0 Å². The highest BCUT2D eigenvalue weighted by molar-refractivity contribution is 7.91. The second-order valence-electron chi connectivity index (χ2n) is 6.90. The van der Waals surface area contributed by atoms with Gasteiger partial charge in [0.2, 0.25) is 0 Å². The van der Waals surface area contributed by atoms with Crippen molar-refractivity contribution in [1.82, 2.24) is 14.7 Å². The summed E-state index contributed by atoms with van der Waals surface area (Å²) < 4.78 is 24.9. The second kappa shape index (κ2) is 5.98. The predicted octanol–water partition coefficient (Wildman–Crippen LogP) is 1.84. The van der Waals surface area contributed by atoms with Gasteiger partial charge in [-0.3, -0.25) is 9.48 Å². The number of carbonyl (C=O) groups is 1. The average Bonchev–Trinajstić information content (AvgIpc) is 3.36. The Morgan fingerprint density at radius 3 is 2.60 bits per heavy atom. The summed E-state index contributed by atoms with van der Waals surface area (Å²) in [4.78, 5) is 14.4. The normalized spacial score (nSPS) is 19.8. The van der Waals surface area contributed by atoms with Crippen LogP contribution in [0.25, 0.3) is 11.1 Å². The molecule has 0 spiro atoms. The Morgan fingerprint density at radius 1 is 1.20 bits per heavy atom. The summed E-state index contributed by atoms with van der Waals surface area (Å²) in [6, 6.07) is 7.57. The molecule has 1 saturated heterocycles. The van der Waals surface area contributed by atoms with E-state index in [4.69, 9.17) is 0 Å². The van der Waals surface area contributed by atoms with E-state index in [1.54, 1.807) is 11.0 Å². The molecule has 1 aliphatic heterocycles. The molecule has 0 radical (unpaired) electrons. The van der Waals surface area contributed by atoms with E-state index in [1.165, 1.54) is 12.8 Å². The fraction of sp³-hybridized carbons (Fsp3) is 0.444. The summed E-state index contributed by atoms with van der Waals surface area (Å²) >= 11 is 0. The maximum atomic E-state index is 12.7. The van der Waals surface area contributed by atoms with Crippen molar-refractivity contribution in [2.24, 2.45) is 7.05 Å². The zero-order chi connectivity index (χ0) is 17.6. The van der Waals surface area contributed by atoms with Crippen LogP contribution in [0, 0.1) is 0 Å². The number of hydrogen-bond acceptors (Lipinski definition) is 4. The largest absolute Gasteiger partial charge is 0.337 e. The van der Waals surface area contributed by atoms with Gasteiger partial charge in [-0.2, -0.15) is 5.10 Å². The van der Waals surface area contributed by atoms with E-state index in [2.05, 4.69) is 5.10 Å². The van der Waals surface area contributed by atoms with Crippen LogP contribution in [0.1, 0.15) is 34.8 Å². The minimum atomic E-state index is -2.99. The van der Waals surface area contributed by atoms with Crippen molar-refractivity contribution in [2.75, 3.05) is 24.6 Å². The summed E-state index contributed by atoms with van der Waals surface area (Å²) in [5.41, 5.74) is 3.78. The van der Waals surface area contributed by atoms with Crippen molar-refractivity contribution in [3.05, 3.63) is 41.7 Å². The standard InChI is InChI=1S/C18H21N3O3S/c1-20-12-16(17(19-20)13-5-6-13)14-3-2-4-15(11-14)18(22)21-7-9-25(23,24)10-8-21/h2-4,11-13H,5-10H2,1H3. The first-order valence-electron chi connectivity index (χ1n) is 8.57. The summed E-state index contributed by atoms with van der Waals surface area (Å²) in [5, 5.41) is 4.58. The van der Waals surface area contributed by atoms with Crippen molar-refractivity contribution < 1.29 is 13.2 Å². The van der Waals surface area contributed by atoms with Crippen LogP contribution in [0.4, 0.5) is 0 Å². The molecule has 2 heterocycles. The van der Waals surface area contributed by atoms with Crippen molar-refractivity contribution >= 4 is 15.7 Å². The van der Waals surface area contributed by atoms with E-state index in [0.29, 0.717) is 11.5 Å². The Bertz CT molecular complexity index is 915. The summed E-state index contributed by atoms with van der Waals surface area (Å²) in [5.74, 6) is 0.524. The van der Waals surface area contributed by atoms with Crippen LogP contribution in [0.3, 0.4) is 0 Å². The Kier molecular flexibility index (Phi) is 3.91. The third-order valence-corrected chi connectivity index (χ3v) is 6.48. The van der Waals surface area contributed by atoms with Crippen LogP contribution in [0.5, 0.6) is 0 Å². The average molecular weight is 359 g/mol. The Labute approximate surface area is 147 Å². The molecule has 1 saturated carbocycles. The maximum absolute atomic E-state index is 12.7. The molecule has 0 unspecified atom stereocenters. The predicted molar refractivity (Wildman–Crippen MR) is 95.2 cm³/mol. The van der Waals surface area contributed by atoms with Crippen molar-refractivity contribution in [3.63, 3.8) is 0 Å². The van der Waals surface area contributed by atoms with Crippen molar-refractivity contribution in [1.29, 1.82) is 0 Å². The summed E-state index contributed by atoms with van der Waals surface area (Å²) in [6.07, 6.45) is 4.35. The van der Waals surface area contributed by atoms with Gasteiger partial charge >= 0.3 is 0 Å². The number of sulfone groups is 1. The van der Waals surface area contributed by atoms with Gasteiger partial charge in [-0.05, 0) is 30.5 Å². The molecule has 1 aromatic carbocycles. The molecule has 1 amide bonds. The van der Waals surface area contributed by atoms with Crippen LogP contribution in [-0.4, -0.2) is 53.6 Å². The number of carbonyl (C=O) groups excluding carboxylic acids is 1. The highest BCUT2D eigenvalue weighted by Crippen LogP contribution is 2.43. The van der Waals surface area contributed by atoms with E-state index in [0.717, 1.165) is 16.8 Å². The molecule has 0 bridgehead atoms. The zero-order valence-electron chi connectivity index (χ0n) is 14.2. The quantitative estimate of drug-likeness (QED) is 0.838. The minimum Gasteiger partial charge on any atom is -0.337 e. The Balaban J connectivity index is 1.61. The molecule has 1 aromatic heterocycles. The molecule has 4 rings (SSSR count). The smallest absolute Gasteiger partial charge is 0.253 e. The molecular formula is C18H21N3O3S. The third-order valence-electron chi connectivity index (χ3n) is 4.87. The van der Waals surface area contributed by atoms with Gasteiger partial charge in [-0.15, -0.1) is 0 Å². The molecule has 2 aromatic rings. The number of benzene rings is 1. The molecule has 25 heavy (non-hydrogen) atoms. The first kappa shape index (κ1) is 16.3. The molecule has 0 atom stereocenters. The van der Waals surface area contributed by atoms with E-state index in [-0.39, 0.29) is 30.5 Å². The SMILES string of the molecule is Cn1cc(-c2cccc(C(=O)N3CCS(=O)(=O)CC3)c2)c(C2CC2)n1. The van der Waals surface area contributed by atoms with Crippen LogP contribution >= 0.6 is 0 Å². The van der Waals surface area contributed by atoms with Gasteiger partial charge in [0.15, 0.2) is 9.84 Å². The van der Waals surface area contributed by atoms with Gasteiger partial charge < -0.3 is 4.90 Å². The van der Waals surface area contributed by atoms with Crippen LogP contribution in [-0.2, 0) is 16.9 Å². The van der Waals surface area contributed by atoms with Crippen LogP contribution in [0.2, 0.25) is 0 Å². The zero-order valence-corrected chi connectivity index (χ0v) is 15.0. The number of nitrogens with zero attached hydrogens (tertiary/aromatic N) is 3. The van der Waals surface area contributed by atoms with E-state index in [9.17, 15) is 13.2 Å². The molecule has 7 heteroatoms. The summed E-state index contributed by atoms with van der Waals surface area (Å²) in [6.45, 7) is 0.539. The second-order valence-corrected chi connectivity index (χ2v) is 9.20. The molecule has 2 fully saturated rings. The third kappa shape index (κ3) is 3.33. The molecule has 132 valence electrons. The van der Waals surface area contributed by atoms with E-state index < -0.39 is 9.84 Å². The van der Waals surface area contributed by atoms with Gasteiger partial charge in [0, 0.05) is 43.4 Å². The summed E-state index contributed by atoms with van der Waals surface area (Å²) in [7, 11) is -1.08. The van der Waals surface area contributed by atoms with Crippen LogP contribution < -0.4 is 0 Å². The first-order chi connectivity index (χ1) is 11.9. The van der Waals surface area contributed by atoms with E-state index >= 15 is 0 Å². The maximum Gasteiger partial charge on any atom is 0.253 e. The van der Waals surface area contributed by atoms with Crippen molar-refractivity contribution in [2.45, 2.75) is 18.8 Å². The Hall–Kier alpha value is -2.15. The lowest BCUT2D eigenvalue weighted by molar-refractivity contribution is 0.0770. The fourth-order valence-corrected chi connectivity index (χ4v) is 4.51. The van der Waals surface area contributed by atoms with Gasteiger partial charge in [-0.1, -0.05) is 12.1 Å². The molecular weight excluding hydrogens is 338 g/mol. The highest BCUT2D eigenvalue weighted by Gasteiger charge is 2.30. The molecule has 1 aliphatic carbocycles. The number of aromatic nitrogens is 2. The highest BCUT2D eigenvalue weighted by atomic mass is 32.2. The molecule has 0 N–H and O–H groups in total. The lowest BCUT2D eigenvalue weighted by atomic mass is 10.0. The fourth-order valence-electron chi connectivity index (χ4n) is 3.30. The van der Waals surface area contributed by atoms with Crippen LogP contribution in [0.15, 0.2) is 30.5 Å². The Morgan fingerprint density at radius 2 is 1.92 bits per heavy atom. The number of aryl methyl sites for hydroxylation is 1. The number of hydrogen-bond donors (Lipinski definition) is 0. The number of rotatable bonds is 3. The molecule has 6 nitrogen and oxygen atoms in total.